The maximum Gasteiger partial charge on any atom is 0.227 e. The maximum absolute atomic E-state index is 11.5. The van der Waals surface area contributed by atoms with E-state index in [4.69, 9.17) is 11.0 Å². The molecule has 0 spiro atoms. The standard InChI is InChI=1S/C10H13N3O2S/c1-13(16(14,15)7-6-11)8-9-4-2-3-5-10(9)12/h2-5H,7-8,12H2,1H3. The summed E-state index contributed by atoms with van der Waals surface area (Å²) in [5.41, 5.74) is 6.97. The van der Waals surface area contributed by atoms with E-state index in [0.717, 1.165) is 9.87 Å². The number of nitrogen functional groups attached to an aromatic ring is 1. The molecule has 0 aliphatic heterocycles. The van der Waals surface area contributed by atoms with Crippen molar-refractivity contribution in [3.05, 3.63) is 29.8 Å². The quantitative estimate of drug-likeness (QED) is 0.777. The van der Waals surface area contributed by atoms with Gasteiger partial charge in [-0.15, -0.1) is 0 Å². The molecule has 0 bridgehead atoms. The zero-order valence-electron chi connectivity index (χ0n) is 8.92. The molecule has 1 rings (SSSR count). The second-order valence-electron chi connectivity index (χ2n) is 3.37. The Kier molecular flexibility index (Phi) is 3.88. The Balaban J connectivity index is 2.84. The van der Waals surface area contributed by atoms with Crippen LogP contribution >= 0.6 is 0 Å². The lowest BCUT2D eigenvalue weighted by molar-refractivity contribution is 0.470. The van der Waals surface area contributed by atoms with Gasteiger partial charge < -0.3 is 5.73 Å². The fourth-order valence-corrected chi connectivity index (χ4v) is 1.93. The van der Waals surface area contributed by atoms with Crippen molar-refractivity contribution in [2.75, 3.05) is 18.5 Å². The molecule has 86 valence electrons. The van der Waals surface area contributed by atoms with Crippen molar-refractivity contribution in [1.82, 2.24) is 4.31 Å². The van der Waals surface area contributed by atoms with Gasteiger partial charge in [0.1, 0.15) is 0 Å². The average Bonchev–Trinajstić information content (AvgIpc) is 2.21. The van der Waals surface area contributed by atoms with Gasteiger partial charge in [-0.3, -0.25) is 0 Å². The predicted molar refractivity (Wildman–Crippen MR) is 61.7 cm³/mol. The summed E-state index contributed by atoms with van der Waals surface area (Å²) in [5.74, 6) is -0.518. The third-order valence-corrected chi connectivity index (χ3v) is 3.74. The van der Waals surface area contributed by atoms with Crippen LogP contribution in [0.4, 0.5) is 5.69 Å². The number of para-hydroxylation sites is 1. The van der Waals surface area contributed by atoms with E-state index in [2.05, 4.69) is 0 Å². The van der Waals surface area contributed by atoms with Gasteiger partial charge in [0.2, 0.25) is 10.0 Å². The number of nitriles is 1. The first-order chi connectivity index (χ1) is 7.47. The Hall–Kier alpha value is -1.58. The number of benzene rings is 1. The largest absolute Gasteiger partial charge is 0.398 e. The average molecular weight is 239 g/mol. The first kappa shape index (κ1) is 12.5. The number of hydrogen-bond donors (Lipinski definition) is 1. The highest BCUT2D eigenvalue weighted by Crippen LogP contribution is 2.14. The van der Waals surface area contributed by atoms with E-state index < -0.39 is 15.8 Å². The van der Waals surface area contributed by atoms with E-state index >= 15 is 0 Å². The Morgan fingerprint density at radius 1 is 1.44 bits per heavy atom. The zero-order valence-corrected chi connectivity index (χ0v) is 9.74. The molecule has 0 atom stereocenters. The first-order valence-corrected chi connectivity index (χ1v) is 6.22. The predicted octanol–water partition coefficient (Wildman–Crippen LogP) is 0.554. The molecular weight excluding hydrogens is 226 g/mol. The van der Waals surface area contributed by atoms with Crippen molar-refractivity contribution < 1.29 is 8.42 Å². The minimum Gasteiger partial charge on any atom is -0.398 e. The third-order valence-electron chi connectivity index (χ3n) is 2.17. The second-order valence-corrected chi connectivity index (χ2v) is 5.45. The maximum atomic E-state index is 11.5. The Morgan fingerprint density at radius 3 is 2.62 bits per heavy atom. The van der Waals surface area contributed by atoms with Crippen molar-refractivity contribution in [2.24, 2.45) is 0 Å². The molecule has 1 aromatic carbocycles. The van der Waals surface area contributed by atoms with Gasteiger partial charge in [-0.1, -0.05) is 18.2 Å². The molecule has 0 heterocycles. The van der Waals surface area contributed by atoms with E-state index in [1.807, 2.05) is 0 Å². The lowest BCUT2D eigenvalue weighted by Crippen LogP contribution is -2.28. The van der Waals surface area contributed by atoms with E-state index in [0.29, 0.717) is 5.69 Å². The van der Waals surface area contributed by atoms with Gasteiger partial charge >= 0.3 is 0 Å². The van der Waals surface area contributed by atoms with Crippen molar-refractivity contribution in [3.63, 3.8) is 0 Å². The molecular formula is C10H13N3O2S. The van der Waals surface area contributed by atoms with Crippen LogP contribution in [0.25, 0.3) is 0 Å². The van der Waals surface area contributed by atoms with Gasteiger partial charge in [0.15, 0.2) is 5.75 Å². The number of nitrogens with zero attached hydrogens (tertiary/aromatic N) is 2. The van der Waals surface area contributed by atoms with E-state index in [-0.39, 0.29) is 6.54 Å². The van der Waals surface area contributed by atoms with Crippen LogP contribution in [0.1, 0.15) is 5.56 Å². The van der Waals surface area contributed by atoms with Crippen LogP contribution < -0.4 is 5.73 Å². The first-order valence-electron chi connectivity index (χ1n) is 4.61. The second kappa shape index (κ2) is 4.96. The molecule has 1 aromatic rings. The van der Waals surface area contributed by atoms with Crippen LogP contribution in [-0.4, -0.2) is 25.5 Å². The summed E-state index contributed by atoms with van der Waals surface area (Å²) in [6.45, 7) is 0.177. The van der Waals surface area contributed by atoms with E-state index in [9.17, 15) is 8.42 Å². The molecule has 0 aromatic heterocycles. The van der Waals surface area contributed by atoms with Crippen LogP contribution in [0, 0.1) is 11.3 Å². The highest BCUT2D eigenvalue weighted by Gasteiger charge is 2.17. The summed E-state index contributed by atoms with van der Waals surface area (Å²) in [4.78, 5) is 0. The Labute approximate surface area is 95.1 Å². The minimum absolute atomic E-state index is 0.177. The number of nitrogens with two attached hydrogens (primary N) is 1. The van der Waals surface area contributed by atoms with Crippen molar-refractivity contribution in [2.45, 2.75) is 6.54 Å². The molecule has 0 saturated carbocycles. The Morgan fingerprint density at radius 2 is 2.06 bits per heavy atom. The van der Waals surface area contributed by atoms with Crippen molar-refractivity contribution >= 4 is 15.7 Å². The van der Waals surface area contributed by atoms with Crippen LogP contribution in [0.2, 0.25) is 0 Å². The molecule has 0 saturated heterocycles. The molecule has 2 N–H and O–H groups in total. The fraction of sp³-hybridized carbons (Fsp3) is 0.300. The van der Waals surface area contributed by atoms with Gasteiger partial charge in [-0.25, -0.2) is 8.42 Å². The molecule has 6 heteroatoms. The Bertz CT molecular complexity index is 505. The SMILES string of the molecule is CN(Cc1ccccc1N)S(=O)(=O)CC#N. The monoisotopic (exact) mass is 239 g/mol. The summed E-state index contributed by atoms with van der Waals surface area (Å²) in [6.07, 6.45) is 0. The smallest absolute Gasteiger partial charge is 0.227 e. The van der Waals surface area contributed by atoms with Crippen LogP contribution in [-0.2, 0) is 16.6 Å². The van der Waals surface area contributed by atoms with E-state index in [1.54, 1.807) is 30.3 Å². The number of anilines is 1. The lowest BCUT2D eigenvalue weighted by atomic mass is 10.2. The van der Waals surface area contributed by atoms with Gasteiger partial charge in [0, 0.05) is 19.3 Å². The van der Waals surface area contributed by atoms with Crippen LogP contribution in [0.3, 0.4) is 0 Å². The molecule has 0 fully saturated rings. The fourth-order valence-electron chi connectivity index (χ4n) is 1.21. The van der Waals surface area contributed by atoms with Gasteiger partial charge in [-0.2, -0.15) is 9.57 Å². The third kappa shape index (κ3) is 2.95. The zero-order chi connectivity index (χ0) is 12.2. The molecule has 0 amide bonds. The topological polar surface area (TPSA) is 87.2 Å². The van der Waals surface area contributed by atoms with Crippen LogP contribution in [0.5, 0.6) is 0 Å². The summed E-state index contributed by atoms with van der Waals surface area (Å²) in [5, 5.41) is 8.39. The van der Waals surface area contributed by atoms with Crippen molar-refractivity contribution in [3.8, 4) is 6.07 Å². The highest BCUT2D eigenvalue weighted by atomic mass is 32.2. The molecule has 0 aliphatic carbocycles. The number of sulfonamides is 1. The van der Waals surface area contributed by atoms with Gasteiger partial charge in [0.05, 0.1) is 6.07 Å². The molecule has 16 heavy (non-hydrogen) atoms. The molecule has 5 nitrogen and oxygen atoms in total. The summed E-state index contributed by atoms with van der Waals surface area (Å²) < 4.78 is 24.1. The number of hydrogen-bond acceptors (Lipinski definition) is 4. The lowest BCUT2D eigenvalue weighted by Gasteiger charge is -2.16. The summed E-state index contributed by atoms with van der Waals surface area (Å²) >= 11 is 0. The molecule has 0 unspecified atom stereocenters. The summed E-state index contributed by atoms with van der Waals surface area (Å²) in [7, 11) is -2.08. The highest BCUT2D eigenvalue weighted by molar-refractivity contribution is 7.89. The van der Waals surface area contributed by atoms with Gasteiger partial charge in [-0.05, 0) is 11.6 Å². The van der Waals surface area contributed by atoms with Gasteiger partial charge in [0.25, 0.3) is 0 Å². The van der Waals surface area contributed by atoms with Crippen molar-refractivity contribution in [1.29, 1.82) is 5.26 Å². The normalized spacial score (nSPS) is 11.3. The number of rotatable bonds is 4. The molecule has 0 radical (unpaired) electrons. The molecule has 0 aliphatic rings. The summed E-state index contributed by atoms with van der Waals surface area (Å²) in [6, 6.07) is 8.66. The minimum atomic E-state index is -3.51. The van der Waals surface area contributed by atoms with E-state index in [1.165, 1.54) is 7.05 Å². The van der Waals surface area contributed by atoms with Crippen LogP contribution in [0.15, 0.2) is 24.3 Å².